The summed E-state index contributed by atoms with van der Waals surface area (Å²) in [6.45, 7) is 0. The second-order valence-electron chi connectivity index (χ2n) is 5.16. The van der Waals surface area contributed by atoms with Crippen LogP contribution in [-0.2, 0) is 12.8 Å². The number of halogens is 1. The molecule has 1 aromatic carbocycles. The van der Waals surface area contributed by atoms with Gasteiger partial charge in [0, 0.05) is 12.6 Å². The van der Waals surface area contributed by atoms with Gasteiger partial charge in [0.1, 0.15) is 5.82 Å². The molecule has 0 bridgehead atoms. The van der Waals surface area contributed by atoms with E-state index < -0.39 is 0 Å². The lowest BCUT2D eigenvalue weighted by molar-refractivity contribution is 0.425. The largest absolute Gasteiger partial charge is 0.334 e. The van der Waals surface area contributed by atoms with Gasteiger partial charge >= 0.3 is 0 Å². The Kier molecular flexibility index (Phi) is 4.33. The molecular formula is C16H12FN5OS2. The van der Waals surface area contributed by atoms with Crippen molar-refractivity contribution >= 4 is 23.1 Å². The van der Waals surface area contributed by atoms with Crippen LogP contribution in [0.15, 0.2) is 51.5 Å². The van der Waals surface area contributed by atoms with Crippen LogP contribution in [-0.4, -0.2) is 24.9 Å². The predicted octanol–water partition coefficient (Wildman–Crippen LogP) is 4.03. The van der Waals surface area contributed by atoms with Crippen LogP contribution in [0.2, 0.25) is 0 Å². The number of nitrogens with zero attached hydrogens (tertiary/aromatic N) is 5. The second-order valence-corrected chi connectivity index (χ2v) is 7.05. The summed E-state index contributed by atoms with van der Waals surface area (Å²) in [5.41, 5.74) is 0.558. The first-order chi connectivity index (χ1) is 12.2. The lowest BCUT2D eigenvalue weighted by Crippen LogP contribution is -1.94. The molecule has 3 heterocycles. The van der Waals surface area contributed by atoms with Crippen molar-refractivity contribution in [2.45, 2.75) is 10.9 Å². The SMILES string of the molecule is Cn1c(SCc2noc(-c3cccc(F)c3)n2)nnc1-c1cccs1. The zero-order chi connectivity index (χ0) is 17.2. The van der Waals surface area contributed by atoms with Crippen LogP contribution in [0.1, 0.15) is 5.82 Å². The zero-order valence-corrected chi connectivity index (χ0v) is 14.7. The molecule has 0 fully saturated rings. The Morgan fingerprint density at radius 3 is 2.96 bits per heavy atom. The summed E-state index contributed by atoms with van der Waals surface area (Å²) < 4.78 is 20.4. The molecule has 0 aliphatic heterocycles. The third kappa shape index (κ3) is 3.33. The van der Waals surface area contributed by atoms with E-state index in [1.165, 1.54) is 23.9 Å². The Balaban J connectivity index is 1.48. The Bertz CT molecular complexity index is 996. The van der Waals surface area contributed by atoms with Crippen LogP contribution >= 0.6 is 23.1 Å². The molecule has 4 aromatic rings. The van der Waals surface area contributed by atoms with Gasteiger partial charge in [-0.05, 0) is 29.6 Å². The van der Waals surface area contributed by atoms with Crippen molar-refractivity contribution in [1.82, 2.24) is 24.9 Å². The van der Waals surface area contributed by atoms with Gasteiger partial charge in [-0.1, -0.05) is 29.1 Å². The fourth-order valence-electron chi connectivity index (χ4n) is 2.24. The van der Waals surface area contributed by atoms with E-state index in [0.29, 0.717) is 23.0 Å². The molecule has 0 spiro atoms. The minimum Gasteiger partial charge on any atom is -0.334 e. The van der Waals surface area contributed by atoms with Crippen LogP contribution in [0.5, 0.6) is 0 Å². The molecule has 0 aliphatic carbocycles. The molecule has 0 saturated heterocycles. The van der Waals surface area contributed by atoms with Crippen LogP contribution < -0.4 is 0 Å². The lowest BCUT2D eigenvalue weighted by atomic mass is 10.2. The van der Waals surface area contributed by atoms with E-state index in [-0.39, 0.29) is 5.82 Å². The van der Waals surface area contributed by atoms with Gasteiger partial charge in [0.25, 0.3) is 5.89 Å². The van der Waals surface area contributed by atoms with Gasteiger partial charge in [0.05, 0.1) is 10.6 Å². The van der Waals surface area contributed by atoms with Crippen molar-refractivity contribution in [2.75, 3.05) is 0 Å². The summed E-state index contributed by atoms with van der Waals surface area (Å²) in [7, 11) is 1.92. The Labute approximate surface area is 150 Å². The molecule has 0 amide bonds. The molecule has 0 aliphatic rings. The number of thiophene rings is 1. The number of hydrogen-bond donors (Lipinski definition) is 0. The first-order valence-electron chi connectivity index (χ1n) is 7.35. The number of hydrogen-bond acceptors (Lipinski definition) is 7. The van der Waals surface area contributed by atoms with Gasteiger partial charge in [-0.3, -0.25) is 0 Å². The average Bonchev–Trinajstić information content (AvgIpc) is 3.34. The molecular weight excluding hydrogens is 361 g/mol. The summed E-state index contributed by atoms with van der Waals surface area (Å²) >= 11 is 3.08. The van der Waals surface area contributed by atoms with Crippen LogP contribution in [0.4, 0.5) is 4.39 Å². The molecule has 4 rings (SSSR count). The maximum Gasteiger partial charge on any atom is 0.258 e. The highest BCUT2D eigenvalue weighted by Gasteiger charge is 2.14. The van der Waals surface area contributed by atoms with Gasteiger partial charge in [-0.25, -0.2) is 4.39 Å². The summed E-state index contributed by atoms with van der Waals surface area (Å²) in [4.78, 5) is 5.37. The normalized spacial score (nSPS) is 11.1. The van der Waals surface area contributed by atoms with E-state index in [1.54, 1.807) is 23.5 Å². The monoisotopic (exact) mass is 373 g/mol. The van der Waals surface area contributed by atoms with Crippen molar-refractivity contribution in [3.8, 4) is 22.2 Å². The molecule has 0 N–H and O–H groups in total. The molecule has 6 nitrogen and oxygen atoms in total. The van der Waals surface area contributed by atoms with Crippen molar-refractivity contribution in [1.29, 1.82) is 0 Å². The summed E-state index contributed by atoms with van der Waals surface area (Å²) in [6.07, 6.45) is 0. The van der Waals surface area contributed by atoms with E-state index >= 15 is 0 Å². The third-order valence-electron chi connectivity index (χ3n) is 3.45. The van der Waals surface area contributed by atoms with Gasteiger partial charge in [-0.15, -0.1) is 21.5 Å². The first-order valence-corrected chi connectivity index (χ1v) is 9.22. The minimum atomic E-state index is -0.341. The maximum absolute atomic E-state index is 13.3. The van der Waals surface area contributed by atoms with Crippen LogP contribution in [0, 0.1) is 5.82 Å². The minimum absolute atomic E-state index is 0.298. The average molecular weight is 373 g/mol. The van der Waals surface area contributed by atoms with Crippen LogP contribution in [0.3, 0.4) is 0 Å². The summed E-state index contributed by atoms with van der Waals surface area (Å²) in [6, 6.07) is 10.1. The Morgan fingerprint density at radius 1 is 1.24 bits per heavy atom. The lowest BCUT2D eigenvalue weighted by Gasteiger charge is -2.00. The topological polar surface area (TPSA) is 69.6 Å². The quantitative estimate of drug-likeness (QED) is 0.492. The fraction of sp³-hybridized carbons (Fsp3) is 0.125. The van der Waals surface area contributed by atoms with Gasteiger partial charge < -0.3 is 9.09 Å². The number of aromatic nitrogens is 5. The predicted molar refractivity (Wildman–Crippen MR) is 93.6 cm³/mol. The number of rotatable bonds is 5. The molecule has 0 unspecified atom stereocenters. The Hall–Kier alpha value is -2.52. The fourth-order valence-corrected chi connectivity index (χ4v) is 3.74. The molecule has 9 heteroatoms. The second kappa shape index (κ2) is 6.77. The number of benzene rings is 1. The van der Waals surface area contributed by atoms with Crippen molar-refractivity contribution in [3.63, 3.8) is 0 Å². The number of thioether (sulfide) groups is 1. The zero-order valence-electron chi connectivity index (χ0n) is 13.1. The molecule has 3 aromatic heterocycles. The highest BCUT2D eigenvalue weighted by atomic mass is 32.2. The van der Waals surface area contributed by atoms with Crippen LogP contribution in [0.25, 0.3) is 22.2 Å². The third-order valence-corrected chi connectivity index (χ3v) is 5.33. The van der Waals surface area contributed by atoms with E-state index in [9.17, 15) is 4.39 Å². The highest BCUT2D eigenvalue weighted by Crippen LogP contribution is 2.27. The molecule has 126 valence electrons. The highest BCUT2D eigenvalue weighted by molar-refractivity contribution is 7.98. The van der Waals surface area contributed by atoms with Crippen molar-refractivity contribution < 1.29 is 8.91 Å². The summed E-state index contributed by atoms with van der Waals surface area (Å²) in [5, 5.41) is 15.1. The van der Waals surface area contributed by atoms with Gasteiger partial charge in [0.15, 0.2) is 16.8 Å². The smallest absolute Gasteiger partial charge is 0.258 e. The standard InChI is InChI=1S/C16H12FN5OS2/c1-22-14(12-6-3-7-24-12)19-20-16(22)25-9-13-18-15(23-21-13)10-4-2-5-11(17)8-10/h2-8H,9H2,1H3. The van der Waals surface area contributed by atoms with Gasteiger partial charge in [0.2, 0.25) is 0 Å². The van der Waals surface area contributed by atoms with Crippen molar-refractivity contribution in [2.24, 2.45) is 7.05 Å². The van der Waals surface area contributed by atoms with E-state index in [4.69, 9.17) is 4.52 Å². The Morgan fingerprint density at radius 2 is 2.16 bits per heavy atom. The first kappa shape index (κ1) is 16.0. The molecule has 25 heavy (non-hydrogen) atoms. The summed E-state index contributed by atoms with van der Waals surface area (Å²) in [5.74, 6) is 1.78. The van der Waals surface area contributed by atoms with E-state index in [0.717, 1.165) is 15.9 Å². The maximum atomic E-state index is 13.3. The molecule has 0 radical (unpaired) electrons. The molecule has 0 atom stereocenters. The molecule has 0 saturated carbocycles. The van der Waals surface area contributed by atoms with Crippen molar-refractivity contribution in [3.05, 3.63) is 53.4 Å². The van der Waals surface area contributed by atoms with E-state index in [2.05, 4.69) is 20.3 Å². The van der Waals surface area contributed by atoms with Gasteiger partial charge in [-0.2, -0.15) is 4.98 Å². The van der Waals surface area contributed by atoms with E-state index in [1.807, 2.05) is 29.1 Å².